The van der Waals surface area contributed by atoms with Crippen LogP contribution in [-0.4, -0.2) is 32.1 Å². The Morgan fingerprint density at radius 3 is 2.61 bits per heavy atom. The summed E-state index contributed by atoms with van der Waals surface area (Å²) in [5.74, 6) is 0.327. The van der Waals surface area contributed by atoms with Crippen molar-refractivity contribution in [2.45, 2.75) is 13.1 Å². The maximum Gasteiger partial charge on any atom is 0.352 e. The number of anilines is 1. The van der Waals surface area contributed by atoms with Crippen molar-refractivity contribution in [3.63, 3.8) is 0 Å². The van der Waals surface area contributed by atoms with Crippen molar-refractivity contribution in [1.29, 1.82) is 0 Å². The molecule has 3 heterocycles. The average molecular weight is 417 g/mol. The molecule has 0 atom stereocenters. The molecule has 1 aromatic heterocycles. The first-order chi connectivity index (χ1) is 15.1. The second-order valence-electron chi connectivity index (χ2n) is 6.76. The van der Waals surface area contributed by atoms with Crippen LogP contribution < -0.4 is 21.3 Å². The number of fused-ring (bicyclic) bond motifs is 1. The maximum absolute atomic E-state index is 12.9. The molecule has 9 nitrogen and oxygen atoms in total. The molecule has 1 amide bonds. The van der Waals surface area contributed by atoms with Crippen LogP contribution in [0.4, 0.5) is 5.69 Å². The van der Waals surface area contributed by atoms with Gasteiger partial charge in [0.15, 0.2) is 5.82 Å². The number of carbonyl (C=O) groups is 1. The minimum atomic E-state index is -0.681. The molecular formula is C22H19N5O4. The molecule has 0 bridgehead atoms. The van der Waals surface area contributed by atoms with Crippen molar-refractivity contribution in [1.82, 2.24) is 19.1 Å². The quantitative estimate of drug-likeness (QED) is 0.511. The Bertz CT molecular complexity index is 1310. The number of para-hydroxylation sites is 2. The fourth-order valence-corrected chi connectivity index (χ4v) is 3.25. The summed E-state index contributed by atoms with van der Waals surface area (Å²) < 4.78 is 7.78. The van der Waals surface area contributed by atoms with Gasteiger partial charge in [0.25, 0.3) is 5.56 Å². The van der Waals surface area contributed by atoms with Crippen LogP contribution in [0.3, 0.4) is 0 Å². The third kappa shape index (κ3) is 4.20. The minimum Gasteiger partial charge on any atom is -0.495 e. The van der Waals surface area contributed by atoms with Gasteiger partial charge in [-0.1, -0.05) is 12.1 Å². The number of methoxy groups -OCH3 is 1. The zero-order valence-electron chi connectivity index (χ0n) is 16.7. The minimum absolute atomic E-state index is 0.0896. The summed E-state index contributed by atoms with van der Waals surface area (Å²) in [6, 6.07) is 13.7. The zero-order chi connectivity index (χ0) is 21.8. The molecule has 0 radical (unpaired) electrons. The number of ether oxygens (including phenoxy) is 1. The predicted octanol–water partition coefficient (Wildman–Crippen LogP) is 1.60. The molecule has 0 fully saturated rings. The molecule has 1 N–H and O–H groups in total. The number of rotatable bonds is 6. The first-order valence-corrected chi connectivity index (χ1v) is 9.48. The highest BCUT2D eigenvalue weighted by Gasteiger charge is 2.18. The van der Waals surface area contributed by atoms with Crippen LogP contribution in [0.5, 0.6) is 5.75 Å². The van der Waals surface area contributed by atoms with Gasteiger partial charge in [-0.15, -0.1) is 0 Å². The third-order valence-corrected chi connectivity index (χ3v) is 4.73. The Kier molecular flexibility index (Phi) is 5.57. The zero-order valence-corrected chi connectivity index (χ0v) is 16.7. The lowest BCUT2D eigenvalue weighted by molar-refractivity contribution is -0.116. The van der Waals surface area contributed by atoms with E-state index >= 15 is 0 Å². The lowest BCUT2D eigenvalue weighted by Gasteiger charge is -2.15. The van der Waals surface area contributed by atoms with Crippen LogP contribution in [0.2, 0.25) is 0 Å². The van der Waals surface area contributed by atoms with Gasteiger partial charge in [0.1, 0.15) is 12.3 Å². The van der Waals surface area contributed by atoms with E-state index in [-0.39, 0.29) is 30.4 Å². The van der Waals surface area contributed by atoms with Gasteiger partial charge in [-0.3, -0.25) is 19.1 Å². The summed E-state index contributed by atoms with van der Waals surface area (Å²) in [6.07, 6.45) is 4.78. The highest BCUT2D eigenvalue weighted by molar-refractivity contribution is 5.92. The number of hydrogen-bond donors (Lipinski definition) is 1. The summed E-state index contributed by atoms with van der Waals surface area (Å²) in [5.41, 5.74) is 0.385. The smallest absolute Gasteiger partial charge is 0.352 e. The number of aromatic nitrogens is 4. The molecule has 156 valence electrons. The molecule has 0 spiro atoms. The molecule has 2 aliphatic heterocycles. The van der Waals surface area contributed by atoms with E-state index in [1.54, 1.807) is 67.1 Å². The van der Waals surface area contributed by atoms with Gasteiger partial charge < -0.3 is 14.6 Å². The summed E-state index contributed by atoms with van der Waals surface area (Å²) in [5, 5.41) is 2.77. The van der Waals surface area contributed by atoms with E-state index < -0.39 is 11.2 Å². The van der Waals surface area contributed by atoms with Crippen molar-refractivity contribution in [3.05, 3.63) is 93.5 Å². The van der Waals surface area contributed by atoms with Gasteiger partial charge in [-0.2, -0.15) is 4.98 Å². The molecule has 4 rings (SSSR count). The lowest BCUT2D eigenvalue weighted by atomic mass is 10.2. The van der Waals surface area contributed by atoms with Gasteiger partial charge in [0.05, 0.1) is 24.9 Å². The molecule has 0 saturated carbocycles. The van der Waals surface area contributed by atoms with E-state index in [2.05, 4.69) is 15.3 Å². The number of pyridine rings is 2. The van der Waals surface area contributed by atoms with E-state index in [1.807, 2.05) is 0 Å². The Morgan fingerprint density at radius 2 is 1.84 bits per heavy atom. The predicted molar refractivity (Wildman–Crippen MR) is 114 cm³/mol. The molecule has 2 aromatic rings. The lowest BCUT2D eigenvalue weighted by Crippen LogP contribution is -2.38. The standard InChI is InChI=1S/C22H19N5O4/c1-31-18-7-3-2-6-17(18)24-19(28)14-26-12-4-5-16-20(26)25-22(30)27(21(16)29)13-15-8-10-23-11-9-15/h2-12H,13-14H2,1H3,(H,24,28). The Labute approximate surface area is 176 Å². The number of benzene rings is 1. The topological polar surface area (TPSA) is 108 Å². The summed E-state index contributed by atoms with van der Waals surface area (Å²) >= 11 is 0. The highest BCUT2D eigenvalue weighted by Crippen LogP contribution is 2.23. The van der Waals surface area contributed by atoms with Crippen molar-refractivity contribution in [3.8, 4) is 17.1 Å². The third-order valence-electron chi connectivity index (χ3n) is 4.73. The van der Waals surface area contributed by atoms with E-state index in [0.29, 0.717) is 11.4 Å². The van der Waals surface area contributed by atoms with Crippen LogP contribution >= 0.6 is 0 Å². The van der Waals surface area contributed by atoms with Crippen molar-refractivity contribution in [2.24, 2.45) is 0 Å². The molecule has 0 saturated heterocycles. The van der Waals surface area contributed by atoms with Gasteiger partial charge in [0, 0.05) is 18.6 Å². The molecule has 0 unspecified atom stereocenters. The Hall–Kier alpha value is -4.27. The highest BCUT2D eigenvalue weighted by atomic mass is 16.5. The van der Waals surface area contributed by atoms with E-state index in [0.717, 1.165) is 10.1 Å². The number of nitrogens with zero attached hydrogens (tertiary/aromatic N) is 4. The SMILES string of the molecule is COc1ccccc1NC(=O)Cn1cccc2c(=O)n(Cc3ccncc3)c(=O)nc1-2. The number of hydrogen-bond acceptors (Lipinski definition) is 6. The molecule has 2 aliphatic rings. The van der Waals surface area contributed by atoms with Gasteiger partial charge >= 0.3 is 5.69 Å². The molecule has 0 aliphatic carbocycles. The molecule has 1 aromatic carbocycles. The van der Waals surface area contributed by atoms with E-state index in [1.165, 1.54) is 11.7 Å². The average Bonchev–Trinajstić information content (AvgIpc) is 2.78. The van der Waals surface area contributed by atoms with Crippen molar-refractivity contribution in [2.75, 3.05) is 12.4 Å². The van der Waals surface area contributed by atoms with Crippen LogP contribution in [0.1, 0.15) is 5.56 Å². The fraction of sp³-hybridized carbons (Fsp3) is 0.136. The van der Waals surface area contributed by atoms with Gasteiger partial charge in [0.2, 0.25) is 5.91 Å². The maximum atomic E-state index is 12.9. The van der Waals surface area contributed by atoms with Crippen LogP contribution in [-0.2, 0) is 17.9 Å². The second-order valence-corrected chi connectivity index (χ2v) is 6.76. The monoisotopic (exact) mass is 417 g/mol. The van der Waals surface area contributed by atoms with E-state index in [4.69, 9.17) is 4.74 Å². The Morgan fingerprint density at radius 1 is 1.06 bits per heavy atom. The first-order valence-electron chi connectivity index (χ1n) is 9.48. The summed E-state index contributed by atoms with van der Waals surface area (Å²) in [7, 11) is 1.52. The largest absolute Gasteiger partial charge is 0.495 e. The van der Waals surface area contributed by atoms with Crippen LogP contribution in [0.25, 0.3) is 11.4 Å². The Balaban J connectivity index is 1.64. The van der Waals surface area contributed by atoms with Crippen LogP contribution in [0.15, 0.2) is 76.7 Å². The molecule has 31 heavy (non-hydrogen) atoms. The number of nitrogens with one attached hydrogen (secondary N) is 1. The first kappa shape index (κ1) is 20.0. The molecular weight excluding hydrogens is 398 g/mol. The van der Waals surface area contributed by atoms with Crippen LogP contribution in [0, 0.1) is 0 Å². The summed E-state index contributed by atoms with van der Waals surface area (Å²) in [4.78, 5) is 46.1. The van der Waals surface area contributed by atoms with Gasteiger partial charge in [-0.25, -0.2) is 4.79 Å². The van der Waals surface area contributed by atoms with Crippen molar-refractivity contribution < 1.29 is 9.53 Å². The summed E-state index contributed by atoms with van der Waals surface area (Å²) in [6.45, 7) is -0.0397. The number of carbonyl (C=O) groups excluding carboxylic acids is 1. The normalized spacial score (nSPS) is 10.7. The van der Waals surface area contributed by atoms with Crippen molar-refractivity contribution >= 4 is 11.6 Å². The number of amides is 1. The van der Waals surface area contributed by atoms with E-state index in [9.17, 15) is 14.4 Å². The fourth-order valence-electron chi connectivity index (χ4n) is 3.25. The van der Waals surface area contributed by atoms with Gasteiger partial charge in [-0.05, 0) is 42.0 Å². The molecule has 9 heteroatoms. The second kappa shape index (κ2) is 8.62.